The topological polar surface area (TPSA) is 58.4 Å². The van der Waals surface area contributed by atoms with Crippen molar-refractivity contribution in [3.63, 3.8) is 0 Å². The SMILES string of the molecule is CC(C(=O)Nc1cccc(CN)c1)N(C)C(C)C1CC1. The summed E-state index contributed by atoms with van der Waals surface area (Å²) in [5.41, 5.74) is 7.46. The lowest BCUT2D eigenvalue weighted by molar-refractivity contribution is -0.121. The molecule has 0 radical (unpaired) electrons. The first-order chi connectivity index (χ1) is 9.52. The van der Waals surface area contributed by atoms with Gasteiger partial charge in [0.05, 0.1) is 6.04 Å². The maximum atomic E-state index is 12.3. The molecule has 0 aliphatic heterocycles. The molecule has 1 saturated carbocycles. The third kappa shape index (κ3) is 3.58. The molecular formula is C16H25N3O. The van der Waals surface area contributed by atoms with Gasteiger partial charge >= 0.3 is 0 Å². The lowest BCUT2D eigenvalue weighted by Gasteiger charge is -2.30. The fourth-order valence-electron chi connectivity index (χ4n) is 2.47. The summed E-state index contributed by atoms with van der Waals surface area (Å²) >= 11 is 0. The number of rotatable bonds is 6. The van der Waals surface area contributed by atoms with Crippen LogP contribution in [0.1, 0.15) is 32.3 Å². The van der Waals surface area contributed by atoms with E-state index in [9.17, 15) is 4.79 Å². The Morgan fingerprint density at radius 1 is 1.45 bits per heavy atom. The Bertz CT molecular complexity index is 471. The van der Waals surface area contributed by atoms with Crippen molar-refractivity contribution in [1.82, 2.24) is 4.90 Å². The highest BCUT2D eigenvalue weighted by Gasteiger charge is 2.33. The van der Waals surface area contributed by atoms with Gasteiger partial charge in [-0.1, -0.05) is 12.1 Å². The second kappa shape index (κ2) is 6.37. The summed E-state index contributed by atoms with van der Waals surface area (Å²) in [7, 11) is 2.03. The highest BCUT2D eigenvalue weighted by Crippen LogP contribution is 2.35. The average molecular weight is 275 g/mol. The zero-order valence-electron chi connectivity index (χ0n) is 12.6. The molecule has 0 aromatic heterocycles. The van der Waals surface area contributed by atoms with E-state index in [1.54, 1.807) is 0 Å². The first kappa shape index (κ1) is 15.0. The van der Waals surface area contributed by atoms with Gasteiger partial charge in [-0.05, 0) is 57.4 Å². The molecule has 3 N–H and O–H groups in total. The number of carbonyl (C=O) groups is 1. The molecule has 1 aromatic rings. The summed E-state index contributed by atoms with van der Waals surface area (Å²) in [6, 6.07) is 8.03. The normalized spacial score (nSPS) is 17.9. The van der Waals surface area contributed by atoms with Crippen LogP contribution in [0.15, 0.2) is 24.3 Å². The van der Waals surface area contributed by atoms with Crippen LogP contribution in [0.3, 0.4) is 0 Å². The van der Waals surface area contributed by atoms with Gasteiger partial charge in [0.2, 0.25) is 5.91 Å². The Balaban J connectivity index is 1.95. The van der Waals surface area contributed by atoms with Gasteiger partial charge in [0.25, 0.3) is 0 Å². The smallest absolute Gasteiger partial charge is 0.241 e. The van der Waals surface area contributed by atoms with E-state index in [4.69, 9.17) is 5.73 Å². The fourth-order valence-corrected chi connectivity index (χ4v) is 2.47. The standard InChI is InChI=1S/C16H25N3O/c1-11(14-7-8-14)19(3)12(2)16(20)18-15-6-4-5-13(9-15)10-17/h4-6,9,11-12,14H,7-8,10,17H2,1-3H3,(H,18,20). The van der Waals surface area contributed by atoms with Crippen molar-refractivity contribution in [1.29, 1.82) is 0 Å². The molecule has 1 fully saturated rings. The maximum Gasteiger partial charge on any atom is 0.241 e. The number of hydrogen-bond donors (Lipinski definition) is 2. The van der Waals surface area contributed by atoms with Crippen LogP contribution in [-0.4, -0.2) is 29.9 Å². The van der Waals surface area contributed by atoms with E-state index in [-0.39, 0.29) is 11.9 Å². The molecule has 2 unspecified atom stereocenters. The number of anilines is 1. The van der Waals surface area contributed by atoms with Crippen LogP contribution in [0.25, 0.3) is 0 Å². The van der Waals surface area contributed by atoms with Gasteiger partial charge in [-0.25, -0.2) is 0 Å². The third-order valence-corrected chi connectivity index (χ3v) is 4.37. The predicted molar refractivity (Wildman–Crippen MR) is 82.4 cm³/mol. The third-order valence-electron chi connectivity index (χ3n) is 4.37. The Morgan fingerprint density at radius 2 is 2.15 bits per heavy atom. The molecule has 0 heterocycles. The Kier molecular flexibility index (Phi) is 4.78. The first-order valence-electron chi connectivity index (χ1n) is 7.34. The second-order valence-electron chi connectivity index (χ2n) is 5.81. The van der Waals surface area contributed by atoms with E-state index in [0.29, 0.717) is 12.6 Å². The summed E-state index contributed by atoms with van der Waals surface area (Å²) < 4.78 is 0. The van der Waals surface area contributed by atoms with Crippen molar-refractivity contribution in [3.05, 3.63) is 29.8 Å². The minimum atomic E-state index is -0.132. The van der Waals surface area contributed by atoms with Crippen molar-refractivity contribution < 1.29 is 4.79 Å². The van der Waals surface area contributed by atoms with Crippen LogP contribution < -0.4 is 11.1 Å². The predicted octanol–water partition coefficient (Wildman–Crippen LogP) is 2.20. The number of amides is 1. The van der Waals surface area contributed by atoms with Crippen molar-refractivity contribution in [2.75, 3.05) is 12.4 Å². The molecule has 1 aliphatic rings. The maximum absolute atomic E-state index is 12.3. The molecule has 0 saturated heterocycles. The van der Waals surface area contributed by atoms with E-state index in [1.165, 1.54) is 12.8 Å². The van der Waals surface area contributed by atoms with Gasteiger partial charge in [-0.15, -0.1) is 0 Å². The molecule has 4 nitrogen and oxygen atoms in total. The minimum absolute atomic E-state index is 0.0363. The Morgan fingerprint density at radius 3 is 2.75 bits per heavy atom. The van der Waals surface area contributed by atoms with E-state index in [0.717, 1.165) is 17.2 Å². The summed E-state index contributed by atoms with van der Waals surface area (Å²) in [5.74, 6) is 0.796. The number of nitrogens with one attached hydrogen (secondary N) is 1. The van der Waals surface area contributed by atoms with E-state index >= 15 is 0 Å². The average Bonchev–Trinajstić information content (AvgIpc) is 3.29. The van der Waals surface area contributed by atoms with Crippen molar-refractivity contribution in [2.45, 2.75) is 45.3 Å². The van der Waals surface area contributed by atoms with E-state index in [1.807, 2.05) is 38.2 Å². The zero-order chi connectivity index (χ0) is 14.7. The molecule has 110 valence electrons. The van der Waals surface area contributed by atoms with Crippen LogP contribution in [0, 0.1) is 5.92 Å². The molecule has 1 aliphatic carbocycles. The van der Waals surface area contributed by atoms with Crippen molar-refractivity contribution in [2.24, 2.45) is 11.7 Å². The van der Waals surface area contributed by atoms with Crippen LogP contribution in [0.2, 0.25) is 0 Å². The lowest BCUT2D eigenvalue weighted by atomic mass is 10.1. The molecule has 0 spiro atoms. The van der Waals surface area contributed by atoms with Crippen molar-refractivity contribution >= 4 is 11.6 Å². The number of benzene rings is 1. The summed E-state index contributed by atoms with van der Waals surface area (Å²) in [6.45, 7) is 4.65. The first-order valence-corrected chi connectivity index (χ1v) is 7.34. The summed E-state index contributed by atoms with van der Waals surface area (Å²) in [5, 5.41) is 2.98. The number of hydrogen-bond acceptors (Lipinski definition) is 3. The highest BCUT2D eigenvalue weighted by atomic mass is 16.2. The monoisotopic (exact) mass is 275 g/mol. The van der Waals surface area contributed by atoms with Gasteiger partial charge in [0.15, 0.2) is 0 Å². The zero-order valence-corrected chi connectivity index (χ0v) is 12.6. The van der Waals surface area contributed by atoms with Gasteiger partial charge in [0.1, 0.15) is 0 Å². The van der Waals surface area contributed by atoms with Crippen molar-refractivity contribution in [3.8, 4) is 0 Å². The minimum Gasteiger partial charge on any atom is -0.326 e. The van der Waals surface area contributed by atoms with Gasteiger partial charge in [-0.3, -0.25) is 9.69 Å². The molecule has 0 bridgehead atoms. The van der Waals surface area contributed by atoms with Gasteiger partial charge in [-0.2, -0.15) is 0 Å². The lowest BCUT2D eigenvalue weighted by Crippen LogP contribution is -2.45. The Labute approximate surface area is 121 Å². The second-order valence-corrected chi connectivity index (χ2v) is 5.81. The number of nitrogens with two attached hydrogens (primary N) is 1. The van der Waals surface area contributed by atoms with Gasteiger partial charge < -0.3 is 11.1 Å². The quantitative estimate of drug-likeness (QED) is 0.837. The fraction of sp³-hybridized carbons (Fsp3) is 0.562. The largest absolute Gasteiger partial charge is 0.326 e. The van der Waals surface area contributed by atoms with Crippen LogP contribution >= 0.6 is 0 Å². The molecule has 1 amide bonds. The molecule has 2 atom stereocenters. The number of nitrogens with zero attached hydrogens (tertiary/aromatic N) is 1. The Hall–Kier alpha value is -1.39. The highest BCUT2D eigenvalue weighted by molar-refractivity contribution is 5.94. The summed E-state index contributed by atoms with van der Waals surface area (Å²) in [4.78, 5) is 14.5. The van der Waals surface area contributed by atoms with E-state index in [2.05, 4.69) is 17.1 Å². The number of carbonyl (C=O) groups excluding carboxylic acids is 1. The number of likely N-dealkylation sites (N-methyl/N-ethyl adjacent to an activating group) is 1. The van der Waals surface area contributed by atoms with Gasteiger partial charge in [0, 0.05) is 18.3 Å². The molecule has 2 rings (SSSR count). The molecular weight excluding hydrogens is 250 g/mol. The molecule has 1 aromatic carbocycles. The molecule has 20 heavy (non-hydrogen) atoms. The van der Waals surface area contributed by atoms with Crippen LogP contribution in [-0.2, 0) is 11.3 Å². The summed E-state index contributed by atoms with van der Waals surface area (Å²) in [6.07, 6.45) is 2.58. The molecule has 4 heteroatoms. The van der Waals surface area contributed by atoms with Crippen LogP contribution in [0.4, 0.5) is 5.69 Å². The van der Waals surface area contributed by atoms with E-state index < -0.39 is 0 Å². The van der Waals surface area contributed by atoms with Crippen LogP contribution in [0.5, 0.6) is 0 Å².